The molecule has 2 heterocycles. The number of fused-ring (bicyclic) bond motifs is 1. The normalized spacial score (nSPS) is 17.9. The van der Waals surface area contributed by atoms with Crippen LogP contribution in [0.4, 0.5) is 0 Å². The van der Waals surface area contributed by atoms with E-state index in [9.17, 15) is 0 Å². The number of hydrogen-bond donors (Lipinski definition) is 2. The molecule has 2 aromatic rings. The third-order valence-corrected chi connectivity index (χ3v) is 6.13. The molecule has 7 nitrogen and oxygen atoms in total. The van der Waals surface area contributed by atoms with Crippen LogP contribution in [0.3, 0.4) is 0 Å². The molecule has 0 spiro atoms. The van der Waals surface area contributed by atoms with Gasteiger partial charge in [-0.25, -0.2) is 0 Å². The zero-order valence-electron chi connectivity index (χ0n) is 18.2. The predicted molar refractivity (Wildman–Crippen MR) is 116 cm³/mol. The largest absolute Gasteiger partial charge is 0.486 e. The summed E-state index contributed by atoms with van der Waals surface area (Å²) in [6.07, 6.45) is 4.77. The van der Waals surface area contributed by atoms with Crippen LogP contribution in [0.2, 0.25) is 0 Å². The summed E-state index contributed by atoms with van der Waals surface area (Å²) in [7, 11) is 1.79. The molecule has 1 aliphatic carbocycles. The number of nitrogens with one attached hydrogen (secondary N) is 2. The van der Waals surface area contributed by atoms with Gasteiger partial charge in [-0.2, -0.15) is 0 Å². The number of benzene rings is 1. The van der Waals surface area contributed by atoms with Crippen molar-refractivity contribution in [3.8, 4) is 11.5 Å². The minimum Gasteiger partial charge on any atom is -0.486 e. The van der Waals surface area contributed by atoms with Crippen molar-refractivity contribution in [2.45, 2.75) is 57.4 Å². The van der Waals surface area contributed by atoms with Crippen molar-refractivity contribution < 1.29 is 14.0 Å². The third-order valence-electron chi connectivity index (χ3n) is 6.13. The van der Waals surface area contributed by atoms with Crippen LogP contribution in [-0.2, 0) is 12.0 Å². The number of aliphatic imine (C=N–C) groups is 1. The Balaban J connectivity index is 1.41. The Bertz CT molecular complexity index is 884. The molecular weight excluding hydrogens is 380 g/mol. The lowest BCUT2D eigenvalue weighted by molar-refractivity contribution is 0.171. The van der Waals surface area contributed by atoms with E-state index in [1.54, 1.807) is 7.05 Å². The van der Waals surface area contributed by atoms with Crippen LogP contribution in [0, 0.1) is 0 Å². The molecule has 0 saturated heterocycles. The van der Waals surface area contributed by atoms with Crippen molar-refractivity contribution in [2.24, 2.45) is 4.99 Å². The Morgan fingerprint density at radius 1 is 1.10 bits per heavy atom. The Morgan fingerprint density at radius 3 is 2.57 bits per heavy atom. The summed E-state index contributed by atoms with van der Waals surface area (Å²) < 4.78 is 16.9. The molecule has 7 heteroatoms. The maximum Gasteiger partial charge on any atom is 0.191 e. The van der Waals surface area contributed by atoms with Gasteiger partial charge in [0.05, 0.1) is 12.2 Å². The van der Waals surface area contributed by atoms with Crippen LogP contribution >= 0.6 is 0 Å². The molecule has 162 valence electrons. The summed E-state index contributed by atoms with van der Waals surface area (Å²) in [4.78, 5) is 4.39. The third kappa shape index (κ3) is 4.40. The minimum atomic E-state index is 0.0739. The Morgan fingerprint density at radius 2 is 1.87 bits per heavy atom. The van der Waals surface area contributed by atoms with Crippen LogP contribution in [0.15, 0.2) is 33.8 Å². The predicted octanol–water partition coefficient (Wildman–Crippen LogP) is 3.75. The van der Waals surface area contributed by atoms with E-state index >= 15 is 0 Å². The van der Waals surface area contributed by atoms with Crippen LogP contribution in [0.5, 0.6) is 11.5 Å². The SMILES string of the molecule is CN=C(NCc1cc(C(C)C)no1)NCC1(c2ccc3c(c2)OCCO3)CCCC1. The van der Waals surface area contributed by atoms with Crippen molar-refractivity contribution in [1.29, 1.82) is 0 Å². The summed E-state index contributed by atoms with van der Waals surface area (Å²) >= 11 is 0. The number of hydrogen-bond acceptors (Lipinski definition) is 5. The highest BCUT2D eigenvalue weighted by molar-refractivity contribution is 5.79. The lowest BCUT2D eigenvalue weighted by atomic mass is 9.78. The minimum absolute atomic E-state index is 0.0739. The van der Waals surface area contributed by atoms with Crippen LogP contribution in [-0.4, -0.2) is 37.9 Å². The van der Waals surface area contributed by atoms with Gasteiger partial charge < -0.3 is 24.6 Å². The monoisotopic (exact) mass is 412 g/mol. The molecule has 0 amide bonds. The lowest BCUT2D eigenvalue weighted by Gasteiger charge is -2.32. The average Bonchev–Trinajstić information content (AvgIpc) is 3.44. The Kier molecular flexibility index (Phi) is 6.16. The van der Waals surface area contributed by atoms with E-state index in [0.717, 1.165) is 48.3 Å². The van der Waals surface area contributed by atoms with E-state index in [2.05, 4.69) is 46.8 Å². The fraction of sp³-hybridized carbons (Fsp3) is 0.565. The molecule has 1 fully saturated rings. The fourth-order valence-electron chi connectivity index (χ4n) is 4.32. The van der Waals surface area contributed by atoms with Crippen LogP contribution in [0.1, 0.15) is 62.5 Å². The van der Waals surface area contributed by atoms with E-state index in [1.807, 2.05) is 12.1 Å². The van der Waals surface area contributed by atoms with E-state index in [1.165, 1.54) is 18.4 Å². The second-order valence-electron chi connectivity index (χ2n) is 8.50. The van der Waals surface area contributed by atoms with Gasteiger partial charge in [0.15, 0.2) is 23.2 Å². The summed E-state index contributed by atoms with van der Waals surface area (Å²) in [6, 6.07) is 8.41. The molecule has 30 heavy (non-hydrogen) atoms. The van der Waals surface area contributed by atoms with E-state index in [-0.39, 0.29) is 5.41 Å². The van der Waals surface area contributed by atoms with Crippen molar-refractivity contribution in [3.05, 3.63) is 41.3 Å². The van der Waals surface area contributed by atoms with Crippen LogP contribution in [0.25, 0.3) is 0 Å². The molecule has 0 unspecified atom stereocenters. The topological polar surface area (TPSA) is 80.9 Å². The number of aromatic nitrogens is 1. The highest BCUT2D eigenvalue weighted by atomic mass is 16.6. The zero-order valence-corrected chi connectivity index (χ0v) is 18.2. The molecule has 0 bridgehead atoms. The van der Waals surface area contributed by atoms with Gasteiger partial charge in [-0.3, -0.25) is 4.99 Å². The second-order valence-corrected chi connectivity index (χ2v) is 8.50. The maximum atomic E-state index is 5.82. The molecule has 2 N–H and O–H groups in total. The molecule has 1 aromatic carbocycles. The number of rotatable bonds is 6. The fourth-order valence-corrected chi connectivity index (χ4v) is 4.32. The smallest absolute Gasteiger partial charge is 0.191 e. The van der Waals surface area contributed by atoms with Gasteiger partial charge in [-0.1, -0.05) is 37.9 Å². The van der Waals surface area contributed by atoms with Gasteiger partial charge in [-0.05, 0) is 36.5 Å². The standard InChI is InChI=1S/C23H32N4O3/c1-16(2)19-13-18(30-27-19)14-25-22(24-3)26-15-23(8-4-5-9-23)17-6-7-20-21(12-17)29-11-10-28-20/h6-7,12-13,16H,4-5,8-11,14-15H2,1-3H3,(H2,24,25,26). The van der Waals surface area contributed by atoms with Gasteiger partial charge in [0.2, 0.25) is 0 Å². The Hall–Kier alpha value is -2.70. The summed E-state index contributed by atoms with van der Waals surface area (Å²) in [5.41, 5.74) is 2.35. The number of nitrogens with zero attached hydrogens (tertiary/aromatic N) is 2. The maximum absolute atomic E-state index is 5.82. The second kappa shape index (κ2) is 8.98. The quantitative estimate of drug-likeness (QED) is 0.556. The highest BCUT2D eigenvalue weighted by Gasteiger charge is 2.36. The molecule has 4 rings (SSSR count). The summed E-state index contributed by atoms with van der Waals surface area (Å²) in [6.45, 7) is 6.81. The van der Waals surface area contributed by atoms with Crippen LogP contribution < -0.4 is 20.1 Å². The first-order valence-electron chi connectivity index (χ1n) is 10.9. The van der Waals surface area contributed by atoms with E-state index in [4.69, 9.17) is 14.0 Å². The average molecular weight is 413 g/mol. The molecule has 0 radical (unpaired) electrons. The molecule has 1 aliphatic heterocycles. The number of guanidine groups is 1. The van der Waals surface area contributed by atoms with Gasteiger partial charge >= 0.3 is 0 Å². The first-order valence-corrected chi connectivity index (χ1v) is 10.9. The first-order chi connectivity index (χ1) is 14.6. The van der Waals surface area contributed by atoms with Gasteiger partial charge in [-0.15, -0.1) is 0 Å². The van der Waals surface area contributed by atoms with Crippen molar-refractivity contribution in [2.75, 3.05) is 26.8 Å². The zero-order chi connectivity index (χ0) is 21.0. The lowest BCUT2D eigenvalue weighted by Crippen LogP contribution is -2.44. The molecule has 2 aliphatic rings. The molecule has 0 atom stereocenters. The highest BCUT2D eigenvalue weighted by Crippen LogP contribution is 2.43. The summed E-state index contributed by atoms with van der Waals surface area (Å²) in [5, 5.41) is 11.0. The Labute approximate surface area is 178 Å². The van der Waals surface area contributed by atoms with Gasteiger partial charge in [0.1, 0.15) is 13.2 Å². The van der Waals surface area contributed by atoms with Crippen molar-refractivity contribution in [3.63, 3.8) is 0 Å². The van der Waals surface area contributed by atoms with Gasteiger partial charge in [0, 0.05) is 25.1 Å². The van der Waals surface area contributed by atoms with E-state index in [0.29, 0.717) is 25.7 Å². The molecular formula is C23H32N4O3. The van der Waals surface area contributed by atoms with E-state index < -0.39 is 0 Å². The van der Waals surface area contributed by atoms with Crippen molar-refractivity contribution in [1.82, 2.24) is 15.8 Å². The van der Waals surface area contributed by atoms with Gasteiger partial charge in [0.25, 0.3) is 0 Å². The number of ether oxygens (including phenoxy) is 2. The first kappa shape index (κ1) is 20.6. The summed E-state index contributed by atoms with van der Waals surface area (Å²) in [5.74, 6) is 3.63. The van der Waals surface area contributed by atoms with Crippen molar-refractivity contribution >= 4 is 5.96 Å². The molecule has 1 saturated carbocycles. The molecule has 1 aromatic heterocycles.